The molecule has 28 heteroatoms. The van der Waals surface area contributed by atoms with Crippen LogP contribution in [0.4, 0.5) is 0 Å². The maximum atomic E-state index is 12.6. The molecule has 0 heterocycles. The first kappa shape index (κ1) is 43.8. The highest BCUT2D eigenvalue weighted by Crippen LogP contribution is 2.43. The van der Waals surface area contributed by atoms with E-state index >= 15 is 0 Å². The number of ketones is 7. The average Bonchev–Trinajstić information content (AvgIpc) is 0.690. The van der Waals surface area contributed by atoms with Crippen LogP contribution in [0.3, 0.4) is 0 Å². The zero-order chi connectivity index (χ0) is 127. The standard InChI is InChI=1S/7C12H14ClNO2/c7*13-9-5-2-1-4-8(9)12(14)7-3-6-10(15)11(12)16/h7*1-2,4-5,10,15H,3,6-7,14H2/i1D,2D,3D2,4D,5D,6D2,10D;1D,2D,4D,5D,7D2,10D;1D,2D,4D,5D,6D2,10D;1D,2D,3D2,4D,5D,10D;1D,2D,3D2,4D,5D,6D2;1D,2D,4D,5D,7D2;1D,2D,3D2,4D,5D. The Hall–Kier alpha value is -6.30. The van der Waals surface area contributed by atoms with Gasteiger partial charge in [0.25, 0.3) is 0 Å². The molecule has 14 rings (SSSR count). The Balaban J connectivity index is 0.000000229. The molecule has 7 aliphatic carbocycles. The summed E-state index contributed by atoms with van der Waals surface area (Å²) in [5.41, 5.74) is 21.2. The van der Waals surface area contributed by atoms with E-state index in [9.17, 15) is 69.3 Å². The predicted molar refractivity (Wildman–Crippen MR) is 435 cm³/mol. The van der Waals surface area contributed by atoms with E-state index in [0.717, 1.165) is 0 Å². The summed E-state index contributed by atoms with van der Waals surface area (Å²) >= 11 is 41.6. The first-order valence-electron chi connectivity index (χ1n) is 57.1. The van der Waals surface area contributed by atoms with Crippen molar-refractivity contribution in [3.05, 3.63) is 243 Å². The van der Waals surface area contributed by atoms with Crippen molar-refractivity contribution >= 4 is 122 Å². The molecule has 0 spiro atoms. The molecule has 0 radical (unpaired) electrons. The molecule has 7 aromatic carbocycles. The maximum absolute atomic E-state index is 12.6. The summed E-state index contributed by atoms with van der Waals surface area (Å²) in [7, 11) is 0. The summed E-state index contributed by atoms with van der Waals surface area (Å²) in [6.07, 6.45) is -47.8. The third kappa shape index (κ3) is 20.4. The fourth-order valence-electron chi connectivity index (χ4n) is 11.1. The molecule has 0 bridgehead atoms. The molecule has 7 fully saturated rings. The molecule has 602 valence electrons. The van der Waals surface area contributed by atoms with Gasteiger partial charge in [0.15, 0.2) is 40.5 Å². The van der Waals surface area contributed by atoms with E-state index in [-0.39, 0.29) is 24.8 Å². The summed E-state index contributed by atoms with van der Waals surface area (Å²) in [5.74, 6) is -8.94. The second-order valence-electron chi connectivity index (χ2n) is 24.5. The molecule has 14 atom stereocenters. The second kappa shape index (κ2) is 39.6. The highest BCUT2D eigenvalue weighted by molar-refractivity contribution is 6.34. The van der Waals surface area contributed by atoms with Gasteiger partial charge < -0.3 is 75.9 Å². The van der Waals surface area contributed by atoms with Crippen LogP contribution in [0, 0.1) is 0 Å². The van der Waals surface area contributed by atoms with Gasteiger partial charge in [-0.15, -0.1) is 0 Å². The van der Waals surface area contributed by atoms with Crippen LogP contribution in [-0.2, 0) is 72.3 Å². The molecule has 21 nitrogen and oxygen atoms in total. The van der Waals surface area contributed by atoms with Crippen LogP contribution in [0.5, 0.6) is 0 Å². The Morgan fingerprint density at radius 2 is 0.518 bits per heavy atom. The van der Waals surface area contributed by atoms with Gasteiger partial charge in [-0.25, -0.2) is 0 Å². The van der Waals surface area contributed by atoms with E-state index < -0.39 is 475 Å². The fourth-order valence-corrected chi connectivity index (χ4v) is 12.9. The topological polar surface area (TPSA) is 443 Å². The molecule has 14 unspecified atom stereocenters. The van der Waals surface area contributed by atoms with Gasteiger partial charge >= 0.3 is 0 Å². The number of nitrogens with two attached hydrogens (primary N) is 7. The van der Waals surface area contributed by atoms with Gasteiger partial charge in [-0.3, -0.25) is 33.6 Å². The minimum atomic E-state index is -3.59. The van der Waals surface area contributed by atoms with E-state index in [1.54, 1.807) is 0 Å². The zero-order valence-corrected chi connectivity index (χ0v) is 62.7. The largest absolute Gasteiger partial charge is 0.385 e. The van der Waals surface area contributed by atoms with Crippen LogP contribution in [0.1, 0.15) is 242 Å². The van der Waals surface area contributed by atoms with Crippen LogP contribution in [-0.4, -0.2) is 119 Å². The number of carbonyl (C=O) groups excluding carboxylic acids is 7. The minimum Gasteiger partial charge on any atom is -0.385 e. The van der Waals surface area contributed by atoms with Gasteiger partial charge in [-0.2, -0.15) is 0 Å². The summed E-state index contributed by atoms with van der Waals surface area (Å²) in [5, 5.41) is 65.5. The van der Waals surface area contributed by atoms with Crippen LogP contribution in [0.2, 0.25) is 35.2 Å². The number of rotatable bonds is 7. The molecule has 7 saturated carbocycles. The predicted octanol–water partition coefficient (Wildman–Crippen LogP) is 11.3. The van der Waals surface area contributed by atoms with Gasteiger partial charge in [0, 0.05) is 59.8 Å². The van der Waals surface area contributed by atoms with Gasteiger partial charge in [0.05, 0.1) is 43.9 Å². The van der Waals surface area contributed by atoms with Crippen molar-refractivity contribution in [1.82, 2.24) is 0 Å². The van der Waals surface area contributed by atoms with E-state index in [2.05, 4.69) is 0 Å². The smallest absolute Gasteiger partial charge is 0.185 e. The number of Topliss-reactive ketones (excluding diaryl/α,β-unsaturated/α-hetero) is 7. The first-order chi connectivity index (χ1) is 72.4. The Bertz CT molecular complexity index is 7130. The van der Waals surface area contributed by atoms with E-state index in [1.807, 2.05) is 0 Å². The summed E-state index contributed by atoms with van der Waals surface area (Å²) < 4.78 is 386. The van der Waals surface area contributed by atoms with Crippen molar-refractivity contribution < 1.29 is 138 Å². The Labute approximate surface area is 757 Å². The summed E-state index contributed by atoms with van der Waals surface area (Å²) in [6.45, 7) is 0. The molecular formula is C84H98Cl7N7O14. The van der Waals surface area contributed by atoms with Crippen molar-refractivity contribution in [2.75, 3.05) is 0 Å². The highest BCUT2D eigenvalue weighted by atomic mass is 35.5. The number of aliphatic hydroxyl groups is 7. The fraction of sp³-hybridized carbons (Fsp3) is 0.417. The number of carbonyl (C=O) groups is 7. The quantitative estimate of drug-likeness (QED) is 0.0705. The number of benzene rings is 7. The lowest BCUT2D eigenvalue weighted by Crippen LogP contribution is -2.52. The van der Waals surface area contributed by atoms with Gasteiger partial charge in [0.2, 0.25) is 0 Å². The molecule has 0 aromatic heterocycles. The van der Waals surface area contributed by atoms with Crippen molar-refractivity contribution in [3.63, 3.8) is 0 Å². The van der Waals surface area contributed by atoms with Crippen molar-refractivity contribution in [2.24, 2.45) is 40.1 Å². The minimum absolute atomic E-state index is 0.117. The summed E-state index contributed by atoms with van der Waals surface area (Å²) in [4.78, 5) is 87.1. The molecule has 21 N–H and O–H groups in total. The van der Waals surface area contributed by atoms with Crippen molar-refractivity contribution in [3.8, 4) is 0 Å². The molecule has 0 amide bonds. The van der Waals surface area contributed by atoms with Crippen LogP contribution >= 0.6 is 81.2 Å². The Morgan fingerprint density at radius 1 is 0.277 bits per heavy atom. The lowest BCUT2D eigenvalue weighted by Gasteiger charge is -2.35. The van der Waals surface area contributed by atoms with Crippen LogP contribution in [0.25, 0.3) is 0 Å². The third-order valence-electron chi connectivity index (χ3n) is 17.2. The lowest BCUT2D eigenvalue weighted by atomic mass is 9.75. The number of aliphatic hydroxyl groups excluding tert-OH is 3. The molecular weight excluding hydrogens is 1580 g/mol. The SMILES string of the molecule is [2H]c1c([2H])c([2H])c(C2(N)C(=O)C(O)CCC2([2H])[2H])c(Cl)c1[2H].[2H]c1c([2H])c([2H])c(C2(N)C(=O)C([2H])(O)CCC2([2H])[2H])c(Cl)c1[2H].[2H]c1c([2H])c([2H])c(C2(N)CC([2H])([2H])C([2H])([2H])C(O)C2=O)c(Cl)c1[2H].[2H]c1c([2H])c([2H])c(C2(N)CC([2H])([2H])C([2H])([2H])C([2H])(O)C2=O)c(Cl)c1[2H].[2H]c1c([2H])c([2H])c(C2(N)CC([2H])([2H])CC(O)C2=O)c(Cl)c1[2H].[2H]c1c([2H])c([2H])c(C2(N)CC([2H])([2H])CC([2H])(O)C2=O)c(Cl)c1[2H].[2H]c1c([2H])c([2H])c(C2(N)CCC([2H])([2H])C([2H])(O)C2=O)c(Cl)c1[2H]. The first-order valence-corrected chi connectivity index (χ1v) is 34.7. The van der Waals surface area contributed by atoms with Crippen molar-refractivity contribution in [1.29, 1.82) is 0 Å². The summed E-state index contributed by atoms with van der Waals surface area (Å²) in [6, 6.07) is -18.7. The molecule has 7 aromatic rings. The number of hydrogen-bond donors (Lipinski definition) is 14. The zero-order valence-electron chi connectivity index (χ0n) is 107. The molecule has 0 aliphatic heterocycles. The normalized spacial score (nSPS) is 43.5. The average molecular weight is 1730 g/mol. The van der Waals surface area contributed by atoms with Gasteiger partial charge in [0.1, 0.15) is 81.4 Å². The van der Waals surface area contributed by atoms with Gasteiger partial charge in [-0.1, -0.05) is 208 Å². The monoisotopic (exact) mass is 1720 g/mol. The van der Waals surface area contributed by atoms with Gasteiger partial charge in [-0.05, 0) is 216 Å². The number of hydrogen-bond acceptors (Lipinski definition) is 21. The molecule has 112 heavy (non-hydrogen) atoms. The Kier molecular flexibility index (Phi) is 15.5. The molecule has 0 saturated heterocycles. The Morgan fingerprint density at radius 3 is 0.902 bits per heavy atom. The van der Waals surface area contributed by atoms with Crippen LogP contribution in [0.15, 0.2) is 169 Å². The van der Waals surface area contributed by atoms with E-state index in [4.69, 9.17) is 190 Å². The highest BCUT2D eigenvalue weighted by Gasteiger charge is 2.50. The maximum Gasteiger partial charge on any atom is 0.185 e. The third-order valence-corrected chi connectivity index (χ3v) is 19.2. The van der Waals surface area contributed by atoms with Crippen molar-refractivity contribution in [2.45, 2.75) is 216 Å². The van der Waals surface area contributed by atoms with E-state index in [0.29, 0.717) is 0 Å². The number of halogens is 7. The molecule has 7 aliphatic rings. The van der Waals surface area contributed by atoms with Crippen LogP contribution < -0.4 is 40.1 Å². The van der Waals surface area contributed by atoms with E-state index in [1.165, 1.54) is 0 Å². The lowest BCUT2D eigenvalue weighted by molar-refractivity contribution is -0.136. The second-order valence-corrected chi connectivity index (χ2v) is 27.2.